The molecule has 1 aromatic heterocycles. The average molecular weight is 386 g/mol. The molecule has 28 heavy (non-hydrogen) atoms. The Balaban J connectivity index is 2.00. The zero-order valence-corrected chi connectivity index (χ0v) is 16.0. The number of aliphatic hydroxyl groups is 1. The van der Waals surface area contributed by atoms with Crippen molar-refractivity contribution >= 4 is 11.6 Å². The third kappa shape index (κ3) is 4.07. The first-order chi connectivity index (χ1) is 13.4. The molecule has 2 aromatic rings. The van der Waals surface area contributed by atoms with E-state index in [0.29, 0.717) is 19.5 Å². The van der Waals surface area contributed by atoms with Gasteiger partial charge in [-0.2, -0.15) is 0 Å². The molecule has 0 amide bonds. The summed E-state index contributed by atoms with van der Waals surface area (Å²) in [7, 11) is 0. The Labute approximate surface area is 162 Å². The van der Waals surface area contributed by atoms with Gasteiger partial charge in [-0.1, -0.05) is 30.3 Å². The third-order valence-electron chi connectivity index (χ3n) is 5.09. The maximum atomic E-state index is 12.9. The van der Waals surface area contributed by atoms with Gasteiger partial charge in [0.25, 0.3) is 5.56 Å². The highest BCUT2D eigenvalue weighted by atomic mass is 16.3. The second-order valence-electron chi connectivity index (χ2n) is 7.12. The van der Waals surface area contributed by atoms with Crippen LogP contribution in [0.2, 0.25) is 0 Å². The summed E-state index contributed by atoms with van der Waals surface area (Å²) < 4.78 is 2.32. The van der Waals surface area contributed by atoms with Crippen LogP contribution in [0.5, 0.6) is 0 Å². The van der Waals surface area contributed by atoms with Crippen molar-refractivity contribution < 1.29 is 9.90 Å². The Kier molecular flexibility index (Phi) is 6.11. The fraction of sp³-hybridized carbons (Fsp3) is 0.450. The SMILES string of the molecule is CCn1c(=O)c(C(=O)CN2CCCC(O)C2)c(N)n(Cc2ccccc2)c1=O. The molecule has 8 heteroatoms. The number of Topliss-reactive ketones (excluding diaryl/α,β-unsaturated/α-hetero) is 1. The lowest BCUT2D eigenvalue weighted by molar-refractivity contribution is 0.0633. The number of hydrogen-bond acceptors (Lipinski definition) is 6. The second-order valence-corrected chi connectivity index (χ2v) is 7.12. The summed E-state index contributed by atoms with van der Waals surface area (Å²) in [6, 6.07) is 9.26. The van der Waals surface area contributed by atoms with Gasteiger partial charge in [0, 0.05) is 13.1 Å². The van der Waals surface area contributed by atoms with Crippen LogP contribution in [-0.4, -0.2) is 50.7 Å². The summed E-state index contributed by atoms with van der Waals surface area (Å²) in [5, 5.41) is 9.81. The summed E-state index contributed by atoms with van der Waals surface area (Å²) >= 11 is 0. The molecule has 150 valence electrons. The van der Waals surface area contributed by atoms with Gasteiger partial charge in [-0.25, -0.2) is 4.79 Å². The minimum absolute atomic E-state index is 0.0102. The van der Waals surface area contributed by atoms with Crippen molar-refractivity contribution in [3.05, 3.63) is 62.3 Å². The van der Waals surface area contributed by atoms with Crippen LogP contribution in [0.25, 0.3) is 0 Å². The first-order valence-corrected chi connectivity index (χ1v) is 9.53. The molecule has 1 aromatic carbocycles. The fourth-order valence-corrected chi connectivity index (χ4v) is 3.63. The fourth-order valence-electron chi connectivity index (χ4n) is 3.63. The number of hydrogen-bond donors (Lipinski definition) is 2. The highest BCUT2D eigenvalue weighted by Crippen LogP contribution is 2.13. The number of β-amino-alcohol motifs (C(OH)–C–C–N with tert-alkyl or cyclic N) is 1. The summed E-state index contributed by atoms with van der Waals surface area (Å²) in [5.74, 6) is -0.535. The van der Waals surface area contributed by atoms with Crippen molar-refractivity contribution in [2.24, 2.45) is 0 Å². The maximum absolute atomic E-state index is 12.9. The van der Waals surface area contributed by atoms with Gasteiger partial charge in [-0.05, 0) is 31.9 Å². The number of carbonyl (C=O) groups is 1. The van der Waals surface area contributed by atoms with E-state index in [-0.39, 0.29) is 31.0 Å². The number of aromatic nitrogens is 2. The molecule has 0 aliphatic carbocycles. The number of ketones is 1. The predicted octanol–water partition coefficient (Wildman–Crippen LogP) is 0.300. The van der Waals surface area contributed by atoms with E-state index in [0.717, 1.165) is 16.6 Å². The highest BCUT2D eigenvalue weighted by molar-refractivity contribution is 6.01. The van der Waals surface area contributed by atoms with Crippen molar-refractivity contribution in [1.29, 1.82) is 0 Å². The van der Waals surface area contributed by atoms with Crippen LogP contribution < -0.4 is 17.0 Å². The van der Waals surface area contributed by atoms with Crippen molar-refractivity contribution in [2.75, 3.05) is 25.4 Å². The predicted molar refractivity (Wildman–Crippen MR) is 107 cm³/mol. The minimum atomic E-state index is -0.656. The van der Waals surface area contributed by atoms with Crippen LogP contribution in [0.1, 0.15) is 35.7 Å². The monoisotopic (exact) mass is 386 g/mol. The van der Waals surface area contributed by atoms with Crippen molar-refractivity contribution in [1.82, 2.24) is 14.0 Å². The number of likely N-dealkylation sites (tertiary alicyclic amines) is 1. The van der Waals surface area contributed by atoms with Gasteiger partial charge in [0.1, 0.15) is 11.4 Å². The molecule has 1 aliphatic rings. The van der Waals surface area contributed by atoms with Gasteiger partial charge in [0.05, 0.1) is 19.2 Å². The average Bonchev–Trinajstić information content (AvgIpc) is 2.66. The normalized spacial score (nSPS) is 17.6. The summed E-state index contributed by atoms with van der Waals surface area (Å²) in [4.78, 5) is 40.3. The lowest BCUT2D eigenvalue weighted by Crippen LogP contribution is -2.46. The lowest BCUT2D eigenvalue weighted by Gasteiger charge is -2.29. The number of aliphatic hydroxyl groups excluding tert-OH is 1. The number of rotatable bonds is 6. The quantitative estimate of drug-likeness (QED) is 0.691. The van der Waals surface area contributed by atoms with E-state index >= 15 is 0 Å². The van der Waals surface area contributed by atoms with Crippen LogP contribution >= 0.6 is 0 Å². The Morgan fingerprint density at radius 3 is 2.57 bits per heavy atom. The second kappa shape index (κ2) is 8.53. The molecule has 1 fully saturated rings. The van der Waals surface area contributed by atoms with Gasteiger partial charge >= 0.3 is 5.69 Å². The number of benzene rings is 1. The van der Waals surface area contributed by atoms with E-state index in [1.807, 2.05) is 35.2 Å². The molecule has 8 nitrogen and oxygen atoms in total. The maximum Gasteiger partial charge on any atom is 0.332 e. The van der Waals surface area contributed by atoms with E-state index in [1.165, 1.54) is 4.57 Å². The Morgan fingerprint density at radius 1 is 1.21 bits per heavy atom. The zero-order valence-electron chi connectivity index (χ0n) is 16.0. The standard InChI is InChI=1S/C20H26N4O4/c1-2-23-19(27)17(16(26)13-22-10-6-9-15(25)12-22)18(21)24(20(23)28)11-14-7-4-3-5-8-14/h3-5,7-8,15,25H,2,6,9-13,21H2,1H3. The summed E-state index contributed by atoms with van der Waals surface area (Å²) in [6.07, 6.45) is 1.02. The van der Waals surface area contributed by atoms with Gasteiger partial charge in [-0.3, -0.25) is 23.6 Å². The van der Waals surface area contributed by atoms with E-state index < -0.39 is 23.1 Å². The molecule has 1 saturated heterocycles. The van der Waals surface area contributed by atoms with Gasteiger partial charge in [-0.15, -0.1) is 0 Å². The molecule has 0 saturated carbocycles. The van der Waals surface area contributed by atoms with Crippen LogP contribution in [0, 0.1) is 0 Å². The number of piperidine rings is 1. The molecule has 0 bridgehead atoms. The zero-order chi connectivity index (χ0) is 20.3. The third-order valence-corrected chi connectivity index (χ3v) is 5.09. The van der Waals surface area contributed by atoms with Crippen molar-refractivity contribution in [2.45, 2.75) is 39.0 Å². The molecule has 0 radical (unpaired) electrons. The molecule has 1 atom stereocenters. The van der Waals surface area contributed by atoms with Gasteiger partial charge in [0.15, 0.2) is 5.78 Å². The Bertz CT molecular complexity index is 965. The minimum Gasteiger partial charge on any atom is -0.392 e. The molecule has 1 unspecified atom stereocenters. The molecule has 3 rings (SSSR count). The van der Waals surface area contributed by atoms with E-state index in [2.05, 4.69) is 0 Å². The molecular formula is C20H26N4O4. The molecule has 3 N–H and O–H groups in total. The number of nitrogen functional groups attached to an aromatic ring is 1. The Hall–Kier alpha value is -2.71. The number of carbonyl (C=O) groups excluding carboxylic acids is 1. The van der Waals surface area contributed by atoms with Crippen molar-refractivity contribution in [3.63, 3.8) is 0 Å². The highest BCUT2D eigenvalue weighted by Gasteiger charge is 2.26. The van der Waals surface area contributed by atoms with Gasteiger partial charge in [0.2, 0.25) is 0 Å². The van der Waals surface area contributed by atoms with Crippen LogP contribution in [0.4, 0.5) is 5.82 Å². The summed E-state index contributed by atoms with van der Waals surface area (Å²) in [6.45, 7) is 3.06. The lowest BCUT2D eigenvalue weighted by atomic mass is 10.1. The smallest absolute Gasteiger partial charge is 0.332 e. The number of nitrogens with zero attached hydrogens (tertiary/aromatic N) is 3. The summed E-state index contributed by atoms with van der Waals surface area (Å²) in [5.41, 5.74) is 5.65. The van der Waals surface area contributed by atoms with Crippen LogP contribution in [0.15, 0.2) is 39.9 Å². The van der Waals surface area contributed by atoms with E-state index in [4.69, 9.17) is 5.73 Å². The van der Waals surface area contributed by atoms with Crippen LogP contribution in [0.3, 0.4) is 0 Å². The molecule has 0 spiro atoms. The van der Waals surface area contributed by atoms with Crippen LogP contribution in [-0.2, 0) is 13.1 Å². The largest absolute Gasteiger partial charge is 0.392 e. The first kappa shape index (κ1) is 20.0. The topological polar surface area (TPSA) is 111 Å². The Morgan fingerprint density at radius 2 is 1.93 bits per heavy atom. The first-order valence-electron chi connectivity index (χ1n) is 9.53. The van der Waals surface area contributed by atoms with E-state index in [9.17, 15) is 19.5 Å². The van der Waals surface area contributed by atoms with Gasteiger partial charge < -0.3 is 10.8 Å². The molecule has 2 heterocycles. The number of nitrogens with two attached hydrogens (primary N) is 1. The van der Waals surface area contributed by atoms with Crippen molar-refractivity contribution in [3.8, 4) is 0 Å². The molecule has 1 aliphatic heterocycles. The molecular weight excluding hydrogens is 360 g/mol. The number of anilines is 1. The van der Waals surface area contributed by atoms with E-state index in [1.54, 1.807) is 6.92 Å².